The Morgan fingerprint density at radius 2 is 1.80 bits per heavy atom. The Kier molecular flexibility index (Phi) is 3.90. The third-order valence-electron chi connectivity index (χ3n) is 4.19. The fourth-order valence-electron chi connectivity index (χ4n) is 2.73. The number of fused-ring (bicyclic) bond motifs is 1. The van der Waals surface area contributed by atoms with Crippen molar-refractivity contribution in [3.8, 4) is 0 Å². The van der Waals surface area contributed by atoms with Crippen molar-refractivity contribution in [3.05, 3.63) is 71.9 Å². The molecule has 2 N–H and O–H groups in total. The van der Waals surface area contributed by atoms with E-state index in [1.807, 2.05) is 24.3 Å². The summed E-state index contributed by atoms with van der Waals surface area (Å²) < 4.78 is 0. The number of para-hydroxylation sites is 1. The standard InChI is InChI=1S/C20H17N3O2/c24-19(22-14-8-9-14)13-4-3-5-15(12-13)23-20(25)17-10-11-21-18-7-2-1-6-16(17)18/h1-7,10-12,14H,8-9H2,(H,22,24)(H,23,25). The smallest absolute Gasteiger partial charge is 0.256 e. The molecule has 0 bridgehead atoms. The number of amides is 2. The molecule has 0 spiro atoms. The molecule has 2 aromatic carbocycles. The second-order valence-electron chi connectivity index (χ2n) is 6.16. The maximum Gasteiger partial charge on any atom is 0.256 e. The van der Waals surface area contributed by atoms with E-state index in [2.05, 4.69) is 15.6 Å². The van der Waals surface area contributed by atoms with Crippen molar-refractivity contribution in [2.75, 3.05) is 5.32 Å². The minimum Gasteiger partial charge on any atom is -0.349 e. The SMILES string of the molecule is O=C(NC1CC1)c1cccc(NC(=O)c2ccnc3ccccc23)c1. The maximum absolute atomic E-state index is 12.7. The van der Waals surface area contributed by atoms with Crippen molar-refractivity contribution >= 4 is 28.4 Å². The molecule has 1 heterocycles. The van der Waals surface area contributed by atoms with Crippen LogP contribution < -0.4 is 10.6 Å². The largest absolute Gasteiger partial charge is 0.349 e. The van der Waals surface area contributed by atoms with Gasteiger partial charge >= 0.3 is 0 Å². The first-order valence-corrected chi connectivity index (χ1v) is 8.27. The summed E-state index contributed by atoms with van der Waals surface area (Å²) in [5.41, 5.74) is 2.46. The zero-order chi connectivity index (χ0) is 17.2. The van der Waals surface area contributed by atoms with E-state index in [0.29, 0.717) is 22.9 Å². The van der Waals surface area contributed by atoms with Gasteiger partial charge in [0, 0.05) is 28.9 Å². The minimum absolute atomic E-state index is 0.104. The molecule has 1 fully saturated rings. The monoisotopic (exact) mass is 331 g/mol. The highest BCUT2D eigenvalue weighted by Crippen LogP contribution is 2.21. The van der Waals surface area contributed by atoms with Crippen LogP contribution in [-0.4, -0.2) is 22.8 Å². The first-order valence-electron chi connectivity index (χ1n) is 8.27. The molecule has 1 saturated carbocycles. The summed E-state index contributed by atoms with van der Waals surface area (Å²) in [5.74, 6) is -0.327. The van der Waals surface area contributed by atoms with Crippen LogP contribution in [0.2, 0.25) is 0 Å². The van der Waals surface area contributed by atoms with Crippen molar-refractivity contribution in [3.63, 3.8) is 0 Å². The number of aromatic nitrogens is 1. The molecule has 0 atom stereocenters. The van der Waals surface area contributed by atoms with E-state index in [-0.39, 0.29) is 11.8 Å². The van der Waals surface area contributed by atoms with Crippen molar-refractivity contribution < 1.29 is 9.59 Å². The lowest BCUT2D eigenvalue weighted by molar-refractivity contribution is 0.0949. The molecular formula is C20H17N3O2. The van der Waals surface area contributed by atoms with Crippen LogP contribution in [0.15, 0.2) is 60.8 Å². The van der Waals surface area contributed by atoms with Gasteiger partial charge in [-0.15, -0.1) is 0 Å². The fourth-order valence-corrected chi connectivity index (χ4v) is 2.73. The van der Waals surface area contributed by atoms with E-state index >= 15 is 0 Å². The Hall–Kier alpha value is -3.21. The Morgan fingerprint density at radius 3 is 2.64 bits per heavy atom. The lowest BCUT2D eigenvalue weighted by Gasteiger charge is -2.09. The highest BCUT2D eigenvalue weighted by Gasteiger charge is 2.23. The van der Waals surface area contributed by atoms with Gasteiger partial charge in [-0.2, -0.15) is 0 Å². The van der Waals surface area contributed by atoms with Crippen LogP contribution >= 0.6 is 0 Å². The van der Waals surface area contributed by atoms with Crippen LogP contribution in [0.4, 0.5) is 5.69 Å². The van der Waals surface area contributed by atoms with Gasteiger partial charge in [-0.1, -0.05) is 24.3 Å². The molecule has 4 rings (SSSR count). The van der Waals surface area contributed by atoms with Crippen molar-refractivity contribution in [1.82, 2.24) is 10.3 Å². The van der Waals surface area contributed by atoms with Crippen LogP contribution in [0.1, 0.15) is 33.6 Å². The molecule has 0 saturated heterocycles. The molecular weight excluding hydrogens is 314 g/mol. The average Bonchev–Trinajstić information content (AvgIpc) is 3.45. The van der Waals surface area contributed by atoms with Gasteiger partial charge in [-0.05, 0) is 43.2 Å². The summed E-state index contributed by atoms with van der Waals surface area (Å²) in [7, 11) is 0. The highest BCUT2D eigenvalue weighted by atomic mass is 16.2. The third-order valence-corrected chi connectivity index (χ3v) is 4.19. The van der Waals surface area contributed by atoms with Crippen molar-refractivity contribution in [1.29, 1.82) is 0 Å². The van der Waals surface area contributed by atoms with Crippen molar-refractivity contribution in [2.45, 2.75) is 18.9 Å². The molecule has 3 aromatic rings. The van der Waals surface area contributed by atoms with Crippen LogP contribution in [0.3, 0.4) is 0 Å². The van der Waals surface area contributed by atoms with Gasteiger partial charge in [-0.25, -0.2) is 0 Å². The Morgan fingerprint density at radius 1 is 0.960 bits per heavy atom. The number of carbonyl (C=O) groups excluding carboxylic acids is 2. The number of carbonyl (C=O) groups is 2. The zero-order valence-electron chi connectivity index (χ0n) is 13.5. The molecule has 1 aliphatic carbocycles. The number of nitrogens with zero attached hydrogens (tertiary/aromatic N) is 1. The summed E-state index contributed by atoms with van der Waals surface area (Å²) in [6, 6.07) is 16.5. The number of rotatable bonds is 4. The van der Waals surface area contributed by atoms with E-state index in [1.165, 1.54) is 0 Å². The maximum atomic E-state index is 12.7. The number of pyridine rings is 1. The topological polar surface area (TPSA) is 71.1 Å². The molecule has 0 unspecified atom stereocenters. The first-order chi connectivity index (χ1) is 12.2. The van der Waals surface area contributed by atoms with E-state index in [9.17, 15) is 9.59 Å². The summed E-state index contributed by atoms with van der Waals surface area (Å²) in [4.78, 5) is 29.1. The molecule has 1 aromatic heterocycles. The number of nitrogens with one attached hydrogen (secondary N) is 2. The summed E-state index contributed by atoms with van der Waals surface area (Å²) in [6.45, 7) is 0. The Labute approximate surface area is 145 Å². The van der Waals surface area contributed by atoms with Gasteiger partial charge in [0.25, 0.3) is 11.8 Å². The van der Waals surface area contributed by atoms with Gasteiger partial charge in [0.05, 0.1) is 11.1 Å². The highest BCUT2D eigenvalue weighted by molar-refractivity contribution is 6.12. The number of hydrogen-bond acceptors (Lipinski definition) is 3. The number of anilines is 1. The minimum atomic E-state index is -0.224. The van der Waals surface area contributed by atoms with Gasteiger partial charge in [-0.3, -0.25) is 14.6 Å². The van der Waals surface area contributed by atoms with E-state index in [0.717, 1.165) is 23.7 Å². The first kappa shape index (κ1) is 15.3. The predicted molar refractivity (Wildman–Crippen MR) is 96.6 cm³/mol. The van der Waals surface area contributed by atoms with Crippen LogP contribution in [-0.2, 0) is 0 Å². The van der Waals surface area contributed by atoms with E-state index in [1.54, 1.807) is 36.5 Å². The molecule has 2 amide bonds. The molecule has 25 heavy (non-hydrogen) atoms. The molecule has 1 aliphatic rings. The zero-order valence-corrected chi connectivity index (χ0v) is 13.5. The second-order valence-corrected chi connectivity index (χ2v) is 6.16. The molecule has 124 valence electrons. The van der Waals surface area contributed by atoms with Crippen LogP contribution in [0, 0.1) is 0 Å². The number of benzene rings is 2. The molecule has 0 radical (unpaired) electrons. The fraction of sp³-hybridized carbons (Fsp3) is 0.150. The van der Waals surface area contributed by atoms with Crippen LogP contribution in [0.5, 0.6) is 0 Å². The third kappa shape index (κ3) is 3.35. The molecule has 5 heteroatoms. The summed E-state index contributed by atoms with van der Waals surface area (Å²) in [5, 5.41) is 6.61. The second kappa shape index (κ2) is 6.36. The van der Waals surface area contributed by atoms with Crippen molar-refractivity contribution in [2.24, 2.45) is 0 Å². The Bertz CT molecular complexity index is 959. The van der Waals surface area contributed by atoms with E-state index in [4.69, 9.17) is 0 Å². The Balaban J connectivity index is 1.57. The summed E-state index contributed by atoms with van der Waals surface area (Å²) in [6.07, 6.45) is 3.70. The normalized spacial score (nSPS) is 13.4. The number of hydrogen-bond donors (Lipinski definition) is 2. The molecule has 5 nitrogen and oxygen atoms in total. The lowest BCUT2D eigenvalue weighted by atomic mass is 10.1. The van der Waals surface area contributed by atoms with E-state index < -0.39 is 0 Å². The van der Waals surface area contributed by atoms with Crippen LogP contribution in [0.25, 0.3) is 10.9 Å². The van der Waals surface area contributed by atoms with Gasteiger partial charge in [0.1, 0.15) is 0 Å². The van der Waals surface area contributed by atoms with Gasteiger partial charge < -0.3 is 10.6 Å². The molecule has 0 aliphatic heterocycles. The summed E-state index contributed by atoms with van der Waals surface area (Å²) >= 11 is 0. The van der Waals surface area contributed by atoms with Gasteiger partial charge in [0.15, 0.2) is 0 Å². The lowest BCUT2D eigenvalue weighted by Crippen LogP contribution is -2.25. The average molecular weight is 331 g/mol. The quantitative estimate of drug-likeness (QED) is 0.770. The van der Waals surface area contributed by atoms with Gasteiger partial charge in [0.2, 0.25) is 0 Å². The predicted octanol–water partition coefficient (Wildman–Crippen LogP) is 3.38.